The molecule has 0 radical (unpaired) electrons. The van der Waals surface area contributed by atoms with Crippen LogP contribution in [-0.4, -0.2) is 23.1 Å². The quantitative estimate of drug-likeness (QED) is 0.716. The summed E-state index contributed by atoms with van der Waals surface area (Å²) in [5.41, 5.74) is 1.21. The summed E-state index contributed by atoms with van der Waals surface area (Å²) in [6.45, 7) is 4.53. The molecule has 0 bridgehead atoms. The second-order valence-electron chi connectivity index (χ2n) is 4.36. The Bertz CT molecular complexity index is 468. The van der Waals surface area contributed by atoms with Gasteiger partial charge in [0, 0.05) is 30.9 Å². The Kier molecular flexibility index (Phi) is 5.44. The first-order chi connectivity index (χ1) is 9.40. The van der Waals surface area contributed by atoms with Crippen LogP contribution in [-0.2, 0) is 13.0 Å². The molecule has 1 aromatic heterocycles. The molecule has 0 aliphatic carbocycles. The number of nitrogens with zero attached hydrogens (tertiary/aromatic N) is 1. The number of ether oxygens (including phenoxy) is 1. The summed E-state index contributed by atoms with van der Waals surface area (Å²) in [5.74, 6) is 2.03. The van der Waals surface area contributed by atoms with Gasteiger partial charge in [0.05, 0.1) is 6.61 Å². The maximum absolute atomic E-state index is 5.60. The van der Waals surface area contributed by atoms with Crippen LogP contribution in [0.4, 0.5) is 0 Å². The number of aromatic nitrogens is 2. The first kappa shape index (κ1) is 13.6. The molecular weight excluding hydrogens is 238 g/mol. The summed E-state index contributed by atoms with van der Waals surface area (Å²) in [7, 11) is 0. The Morgan fingerprint density at radius 1 is 1.32 bits per heavy atom. The van der Waals surface area contributed by atoms with Crippen LogP contribution < -0.4 is 10.1 Å². The van der Waals surface area contributed by atoms with Gasteiger partial charge in [-0.15, -0.1) is 0 Å². The van der Waals surface area contributed by atoms with E-state index in [9.17, 15) is 0 Å². The fourth-order valence-electron chi connectivity index (χ4n) is 1.98. The highest BCUT2D eigenvalue weighted by atomic mass is 16.5. The zero-order valence-electron chi connectivity index (χ0n) is 11.4. The molecule has 0 atom stereocenters. The number of hydrogen-bond acceptors (Lipinski definition) is 3. The maximum atomic E-state index is 5.60. The molecule has 0 spiro atoms. The maximum Gasteiger partial charge on any atom is 0.123 e. The van der Waals surface area contributed by atoms with Crippen LogP contribution in [0.15, 0.2) is 36.7 Å². The van der Waals surface area contributed by atoms with Gasteiger partial charge >= 0.3 is 0 Å². The number of rotatable bonds is 8. The van der Waals surface area contributed by atoms with Crippen molar-refractivity contribution in [1.29, 1.82) is 0 Å². The van der Waals surface area contributed by atoms with Crippen LogP contribution in [0.5, 0.6) is 5.75 Å². The molecule has 19 heavy (non-hydrogen) atoms. The van der Waals surface area contributed by atoms with E-state index >= 15 is 0 Å². The smallest absolute Gasteiger partial charge is 0.123 e. The summed E-state index contributed by atoms with van der Waals surface area (Å²) in [6, 6.07) is 8.17. The minimum Gasteiger partial charge on any atom is -0.494 e. The lowest BCUT2D eigenvalue weighted by Crippen LogP contribution is -2.16. The van der Waals surface area contributed by atoms with Gasteiger partial charge in [0.25, 0.3) is 0 Å². The largest absolute Gasteiger partial charge is 0.494 e. The van der Waals surface area contributed by atoms with Crippen molar-refractivity contribution in [2.75, 3.05) is 13.2 Å². The molecule has 2 aromatic rings. The van der Waals surface area contributed by atoms with Gasteiger partial charge in [-0.25, -0.2) is 4.98 Å². The lowest BCUT2D eigenvalue weighted by atomic mass is 10.2. The molecule has 1 aromatic carbocycles. The van der Waals surface area contributed by atoms with E-state index < -0.39 is 0 Å². The number of imidazole rings is 1. The number of aromatic amines is 1. The van der Waals surface area contributed by atoms with E-state index in [1.54, 1.807) is 6.20 Å². The van der Waals surface area contributed by atoms with Crippen molar-refractivity contribution in [2.45, 2.75) is 26.3 Å². The van der Waals surface area contributed by atoms with E-state index in [4.69, 9.17) is 4.74 Å². The van der Waals surface area contributed by atoms with Crippen LogP contribution in [0.1, 0.15) is 24.7 Å². The van der Waals surface area contributed by atoms with Gasteiger partial charge in [-0.3, -0.25) is 0 Å². The molecule has 0 fully saturated rings. The van der Waals surface area contributed by atoms with Crippen molar-refractivity contribution >= 4 is 0 Å². The molecule has 4 nitrogen and oxygen atoms in total. The van der Waals surface area contributed by atoms with Crippen molar-refractivity contribution in [3.63, 3.8) is 0 Å². The zero-order valence-corrected chi connectivity index (χ0v) is 11.4. The second kappa shape index (κ2) is 7.59. The highest BCUT2D eigenvalue weighted by molar-refractivity contribution is 5.33. The topological polar surface area (TPSA) is 49.9 Å². The molecule has 0 unspecified atom stereocenters. The normalized spacial score (nSPS) is 10.6. The fourth-order valence-corrected chi connectivity index (χ4v) is 1.98. The van der Waals surface area contributed by atoms with Crippen LogP contribution in [0.2, 0.25) is 0 Å². The van der Waals surface area contributed by atoms with Crippen molar-refractivity contribution in [3.05, 3.63) is 48.0 Å². The molecule has 4 heteroatoms. The number of para-hydroxylation sites is 1. The molecule has 2 rings (SSSR count). The van der Waals surface area contributed by atoms with E-state index in [1.165, 1.54) is 5.56 Å². The third-order valence-corrected chi connectivity index (χ3v) is 2.91. The Balaban J connectivity index is 1.70. The van der Waals surface area contributed by atoms with Gasteiger partial charge < -0.3 is 15.0 Å². The molecule has 0 saturated carbocycles. The molecule has 2 N–H and O–H groups in total. The third kappa shape index (κ3) is 4.41. The summed E-state index contributed by atoms with van der Waals surface area (Å²) >= 11 is 0. The van der Waals surface area contributed by atoms with E-state index in [1.807, 2.05) is 31.3 Å². The summed E-state index contributed by atoms with van der Waals surface area (Å²) in [4.78, 5) is 7.32. The van der Waals surface area contributed by atoms with Gasteiger partial charge in [0.15, 0.2) is 0 Å². The molecule has 0 aliphatic rings. The number of hydrogen-bond donors (Lipinski definition) is 2. The first-order valence-electron chi connectivity index (χ1n) is 6.80. The highest BCUT2D eigenvalue weighted by Crippen LogP contribution is 2.17. The van der Waals surface area contributed by atoms with E-state index in [-0.39, 0.29) is 0 Å². The number of nitrogens with one attached hydrogen (secondary N) is 2. The summed E-state index contributed by atoms with van der Waals surface area (Å²) < 4.78 is 5.60. The van der Waals surface area contributed by atoms with E-state index in [2.05, 4.69) is 21.4 Å². The number of benzene rings is 1. The second-order valence-corrected chi connectivity index (χ2v) is 4.36. The lowest BCUT2D eigenvalue weighted by molar-refractivity contribution is 0.335. The Labute approximate surface area is 114 Å². The van der Waals surface area contributed by atoms with Gasteiger partial charge in [0.1, 0.15) is 11.6 Å². The average molecular weight is 259 g/mol. The Morgan fingerprint density at radius 2 is 2.21 bits per heavy atom. The number of H-pyrrole nitrogens is 1. The highest BCUT2D eigenvalue weighted by Gasteiger charge is 2.01. The molecule has 0 amide bonds. The van der Waals surface area contributed by atoms with Gasteiger partial charge in [0.2, 0.25) is 0 Å². The molecule has 0 saturated heterocycles. The minimum absolute atomic E-state index is 0.704. The van der Waals surface area contributed by atoms with Crippen molar-refractivity contribution in [3.8, 4) is 5.75 Å². The fraction of sp³-hybridized carbons (Fsp3) is 0.400. The van der Waals surface area contributed by atoms with Crippen molar-refractivity contribution < 1.29 is 4.74 Å². The summed E-state index contributed by atoms with van der Waals surface area (Å²) in [5, 5.41) is 3.44. The number of aryl methyl sites for hydroxylation is 1. The van der Waals surface area contributed by atoms with Gasteiger partial charge in [-0.05, 0) is 26.0 Å². The van der Waals surface area contributed by atoms with Gasteiger partial charge in [-0.2, -0.15) is 0 Å². The van der Waals surface area contributed by atoms with Gasteiger partial charge in [-0.1, -0.05) is 18.2 Å². The molecule has 1 heterocycles. The van der Waals surface area contributed by atoms with Crippen LogP contribution in [0.3, 0.4) is 0 Å². The minimum atomic E-state index is 0.704. The standard InChI is InChI=1S/C15H21N3O/c1-2-19-14-7-4-3-6-13(14)12-16-9-5-8-15-17-10-11-18-15/h3-4,6-7,10-11,16H,2,5,8-9,12H2,1H3,(H,17,18). The SMILES string of the molecule is CCOc1ccccc1CNCCCc1ncc[nH]1. The van der Waals surface area contributed by atoms with Crippen LogP contribution in [0.25, 0.3) is 0 Å². The van der Waals surface area contributed by atoms with Crippen LogP contribution >= 0.6 is 0 Å². The predicted molar refractivity (Wildman–Crippen MR) is 76.2 cm³/mol. The van der Waals surface area contributed by atoms with E-state index in [0.29, 0.717) is 6.61 Å². The summed E-state index contributed by atoms with van der Waals surface area (Å²) in [6.07, 6.45) is 5.71. The molecule has 102 valence electrons. The Hall–Kier alpha value is -1.81. The van der Waals surface area contributed by atoms with Crippen LogP contribution in [0, 0.1) is 0 Å². The monoisotopic (exact) mass is 259 g/mol. The predicted octanol–water partition coefficient (Wildman–Crippen LogP) is 2.53. The average Bonchev–Trinajstić information content (AvgIpc) is 2.94. The first-order valence-corrected chi connectivity index (χ1v) is 6.80. The lowest BCUT2D eigenvalue weighted by Gasteiger charge is -2.10. The van der Waals surface area contributed by atoms with Crippen molar-refractivity contribution in [1.82, 2.24) is 15.3 Å². The molecular formula is C15H21N3O. The van der Waals surface area contributed by atoms with Crippen molar-refractivity contribution in [2.24, 2.45) is 0 Å². The third-order valence-electron chi connectivity index (χ3n) is 2.91. The zero-order chi connectivity index (χ0) is 13.3. The Morgan fingerprint density at radius 3 is 3.00 bits per heavy atom. The molecule has 0 aliphatic heterocycles. The van der Waals surface area contributed by atoms with E-state index in [0.717, 1.165) is 37.5 Å².